The maximum atomic E-state index is 10.4. The Kier molecular flexibility index (Phi) is 3.12. The van der Waals surface area contributed by atoms with Crippen LogP contribution in [0.4, 0.5) is 0 Å². The highest BCUT2D eigenvalue weighted by molar-refractivity contribution is 5.66. The molecule has 13 heavy (non-hydrogen) atoms. The number of nitrogens with zero attached hydrogens (tertiary/aromatic N) is 1. The highest BCUT2D eigenvalue weighted by Crippen LogP contribution is 2.09. The van der Waals surface area contributed by atoms with Crippen molar-refractivity contribution < 1.29 is 9.90 Å². The Morgan fingerprint density at radius 3 is 2.77 bits per heavy atom. The Morgan fingerprint density at radius 1 is 1.54 bits per heavy atom. The van der Waals surface area contributed by atoms with Gasteiger partial charge < -0.3 is 9.67 Å². The third-order valence-electron chi connectivity index (χ3n) is 2.20. The third-order valence-corrected chi connectivity index (χ3v) is 2.20. The van der Waals surface area contributed by atoms with E-state index in [-0.39, 0.29) is 6.42 Å². The van der Waals surface area contributed by atoms with Crippen LogP contribution in [0.1, 0.15) is 24.7 Å². The molecule has 1 rings (SSSR count). The molecule has 0 aliphatic rings. The minimum atomic E-state index is -0.741. The lowest BCUT2D eigenvalue weighted by atomic mass is 10.3. The summed E-state index contributed by atoms with van der Waals surface area (Å²) in [7, 11) is 0. The van der Waals surface area contributed by atoms with E-state index in [4.69, 9.17) is 5.11 Å². The average molecular weight is 181 g/mol. The van der Waals surface area contributed by atoms with E-state index in [1.165, 1.54) is 5.69 Å². The van der Waals surface area contributed by atoms with Crippen molar-refractivity contribution in [2.24, 2.45) is 0 Å². The molecule has 72 valence electrons. The Bertz CT molecular complexity index is 302. The Labute approximate surface area is 78.0 Å². The molecule has 3 nitrogen and oxygen atoms in total. The highest BCUT2D eigenvalue weighted by atomic mass is 16.4. The quantitative estimate of drug-likeness (QED) is 0.770. The van der Waals surface area contributed by atoms with Gasteiger partial charge in [-0.15, -0.1) is 0 Å². The molecular formula is C10H15NO2. The summed E-state index contributed by atoms with van der Waals surface area (Å²) in [6, 6.07) is 4.08. The normalized spacial score (nSPS) is 10.3. The van der Waals surface area contributed by atoms with Crippen LogP contribution in [0.15, 0.2) is 12.1 Å². The summed E-state index contributed by atoms with van der Waals surface area (Å²) in [5, 5.41) is 8.55. The summed E-state index contributed by atoms with van der Waals surface area (Å²) < 4.78 is 2.06. The van der Waals surface area contributed by atoms with Crippen LogP contribution in [0.25, 0.3) is 0 Å². The lowest BCUT2D eigenvalue weighted by Crippen LogP contribution is -2.08. The van der Waals surface area contributed by atoms with Crippen molar-refractivity contribution in [3.63, 3.8) is 0 Å². The van der Waals surface area contributed by atoms with Gasteiger partial charge in [0.25, 0.3) is 0 Å². The second kappa shape index (κ2) is 4.12. The Balaban J connectivity index is 2.73. The Morgan fingerprint density at radius 2 is 2.23 bits per heavy atom. The number of carboxylic acids is 1. The molecule has 0 saturated heterocycles. The molecule has 0 amide bonds. The predicted octanol–water partition coefficient (Wildman–Crippen LogP) is 1.83. The lowest BCUT2D eigenvalue weighted by Gasteiger charge is -2.08. The van der Waals surface area contributed by atoms with Crippen molar-refractivity contribution in [1.29, 1.82) is 0 Å². The first kappa shape index (κ1) is 9.84. The monoisotopic (exact) mass is 181 g/mol. The molecule has 1 heterocycles. The van der Waals surface area contributed by atoms with Crippen LogP contribution >= 0.6 is 0 Å². The van der Waals surface area contributed by atoms with Gasteiger partial charge in [-0.1, -0.05) is 6.92 Å². The molecule has 1 aromatic heterocycles. The van der Waals surface area contributed by atoms with Crippen molar-refractivity contribution in [2.45, 2.75) is 33.2 Å². The van der Waals surface area contributed by atoms with Crippen LogP contribution in [-0.4, -0.2) is 15.6 Å². The first-order valence-electron chi connectivity index (χ1n) is 4.52. The van der Waals surface area contributed by atoms with E-state index < -0.39 is 5.97 Å². The van der Waals surface area contributed by atoms with Crippen LogP contribution in [0.2, 0.25) is 0 Å². The minimum absolute atomic E-state index is 0.197. The third kappa shape index (κ3) is 2.34. The van der Waals surface area contributed by atoms with E-state index in [2.05, 4.69) is 17.6 Å². The number of aromatic nitrogens is 1. The first-order chi connectivity index (χ1) is 6.15. The summed E-state index contributed by atoms with van der Waals surface area (Å²) in [4.78, 5) is 10.4. The summed E-state index contributed by atoms with van der Waals surface area (Å²) in [6.07, 6.45) is 1.15. The van der Waals surface area contributed by atoms with Gasteiger partial charge in [-0.05, 0) is 25.5 Å². The van der Waals surface area contributed by atoms with Gasteiger partial charge in [0.2, 0.25) is 0 Å². The zero-order valence-corrected chi connectivity index (χ0v) is 8.08. The molecular weight excluding hydrogens is 166 g/mol. The van der Waals surface area contributed by atoms with Crippen molar-refractivity contribution >= 4 is 5.97 Å². The van der Waals surface area contributed by atoms with Gasteiger partial charge in [0.05, 0.1) is 6.42 Å². The Hall–Kier alpha value is -1.25. The number of rotatable bonds is 4. The van der Waals surface area contributed by atoms with Crippen LogP contribution in [-0.2, 0) is 17.8 Å². The van der Waals surface area contributed by atoms with Crippen molar-refractivity contribution in [2.75, 3.05) is 0 Å². The van der Waals surface area contributed by atoms with E-state index in [1.54, 1.807) is 0 Å². The standard InChI is InChI=1S/C10H15NO2/c1-3-9-5-4-8(2)11(9)7-6-10(12)13/h4-5H,3,6-7H2,1-2H3,(H,12,13). The van der Waals surface area contributed by atoms with Crippen molar-refractivity contribution in [3.8, 4) is 0 Å². The fourth-order valence-electron chi connectivity index (χ4n) is 1.46. The molecule has 0 atom stereocenters. The van der Waals surface area contributed by atoms with Crippen LogP contribution in [0.5, 0.6) is 0 Å². The van der Waals surface area contributed by atoms with E-state index in [1.807, 2.05) is 13.0 Å². The molecule has 1 N–H and O–H groups in total. The molecule has 0 unspecified atom stereocenters. The summed E-state index contributed by atoms with van der Waals surface area (Å²) in [6.45, 7) is 4.66. The SMILES string of the molecule is CCc1ccc(C)n1CCC(=O)O. The second-order valence-corrected chi connectivity index (χ2v) is 3.11. The van der Waals surface area contributed by atoms with E-state index in [9.17, 15) is 4.79 Å². The number of hydrogen-bond acceptors (Lipinski definition) is 1. The fourth-order valence-corrected chi connectivity index (χ4v) is 1.46. The van der Waals surface area contributed by atoms with Gasteiger partial charge in [-0.2, -0.15) is 0 Å². The topological polar surface area (TPSA) is 42.2 Å². The summed E-state index contributed by atoms with van der Waals surface area (Å²) in [5.74, 6) is -0.741. The molecule has 0 aliphatic heterocycles. The molecule has 3 heteroatoms. The van der Waals surface area contributed by atoms with Gasteiger partial charge in [0.15, 0.2) is 0 Å². The smallest absolute Gasteiger partial charge is 0.305 e. The number of hydrogen-bond donors (Lipinski definition) is 1. The average Bonchev–Trinajstić information content (AvgIpc) is 2.43. The zero-order valence-electron chi connectivity index (χ0n) is 8.08. The van der Waals surface area contributed by atoms with E-state index in [0.29, 0.717) is 6.54 Å². The highest BCUT2D eigenvalue weighted by Gasteiger charge is 2.04. The van der Waals surface area contributed by atoms with Gasteiger partial charge in [-0.25, -0.2) is 0 Å². The number of carboxylic acid groups (broad SMARTS) is 1. The predicted molar refractivity (Wildman–Crippen MR) is 50.8 cm³/mol. The number of carbonyl (C=O) groups is 1. The van der Waals surface area contributed by atoms with Crippen LogP contribution in [0, 0.1) is 6.92 Å². The summed E-state index contributed by atoms with van der Waals surface area (Å²) >= 11 is 0. The van der Waals surface area contributed by atoms with Gasteiger partial charge in [0.1, 0.15) is 0 Å². The van der Waals surface area contributed by atoms with Crippen molar-refractivity contribution in [3.05, 3.63) is 23.5 Å². The molecule has 1 aromatic rings. The maximum Gasteiger partial charge on any atom is 0.305 e. The number of aliphatic carboxylic acids is 1. The molecule has 0 fully saturated rings. The van der Waals surface area contributed by atoms with E-state index >= 15 is 0 Å². The zero-order chi connectivity index (χ0) is 9.84. The summed E-state index contributed by atoms with van der Waals surface area (Å²) in [5.41, 5.74) is 2.34. The second-order valence-electron chi connectivity index (χ2n) is 3.11. The minimum Gasteiger partial charge on any atom is -0.481 e. The maximum absolute atomic E-state index is 10.4. The molecule has 0 spiro atoms. The fraction of sp³-hybridized carbons (Fsp3) is 0.500. The van der Waals surface area contributed by atoms with Gasteiger partial charge in [-0.3, -0.25) is 4.79 Å². The molecule has 0 aliphatic carbocycles. The van der Waals surface area contributed by atoms with Crippen LogP contribution in [0.3, 0.4) is 0 Å². The van der Waals surface area contributed by atoms with Gasteiger partial charge in [0, 0.05) is 17.9 Å². The van der Waals surface area contributed by atoms with E-state index in [0.717, 1.165) is 12.1 Å². The largest absolute Gasteiger partial charge is 0.481 e. The molecule has 0 saturated carbocycles. The van der Waals surface area contributed by atoms with Gasteiger partial charge >= 0.3 is 5.97 Å². The van der Waals surface area contributed by atoms with Crippen LogP contribution < -0.4 is 0 Å². The number of aryl methyl sites for hydroxylation is 2. The lowest BCUT2D eigenvalue weighted by molar-refractivity contribution is -0.137. The molecule has 0 aromatic carbocycles. The van der Waals surface area contributed by atoms with Crippen molar-refractivity contribution in [1.82, 2.24) is 4.57 Å². The first-order valence-corrected chi connectivity index (χ1v) is 4.52. The molecule has 0 bridgehead atoms. The molecule has 0 radical (unpaired) electrons.